The first kappa shape index (κ1) is 14.6. The SMILES string of the molecule is CC(C)C1=CC2C(C=C1)c1ccc(C(C)C)cc1S2(=O)=O. The minimum atomic E-state index is -3.26. The van der Waals surface area contributed by atoms with E-state index in [0.29, 0.717) is 16.7 Å². The quantitative estimate of drug-likeness (QED) is 0.820. The maximum absolute atomic E-state index is 12.9. The molecule has 0 N–H and O–H groups in total. The largest absolute Gasteiger partial charge is 0.223 e. The van der Waals surface area contributed by atoms with Crippen LogP contribution in [0.4, 0.5) is 0 Å². The monoisotopic (exact) mass is 302 g/mol. The van der Waals surface area contributed by atoms with E-state index in [2.05, 4.69) is 45.9 Å². The van der Waals surface area contributed by atoms with Crippen molar-refractivity contribution in [3.63, 3.8) is 0 Å². The molecule has 0 radical (unpaired) electrons. The number of rotatable bonds is 2. The number of hydrogen-bond acceptors (Lipinski definition) is 2. The molecule has 0 amide bonds. The van der Waals surface area contributed by atoms with Gasteiger partial charge in [0, 0.05) is 5.92 Å². The second-order valence-corrected chi connectivity index (χ2v) is 8.74. The molecule has 3 rings (SSSR count). The predicted octanol–water partition coefficient (Wildman–Crippen LogP) is 4.20. The Morgan fingerprint density at radius 1 is 1.05 bits per heavy atom. The van der Waals surface area contributed by atoms with Gasteiger partial charge in [0.2, 0.25) is 0 Å². The first-order valence-electron chi connectivity index (χ1n) is 7.60. The van der Waals surface area contributed by atoms with E-state index in [1.807, 2.05) is 18.2 Å². The highest BCUT2D eigenvalue weighted by molar-refractivity contribution is 7.92. The van der Waals surface area contributed by atoms with E-state index in [1.165, 1.54) is 0 Å². The Morgan fingerprint density at radius 3 is 2.38 bits per heavy atom. The number of hydrogen-bond donors (Lipinski definition) is 0. The van der Waals surface area contributed by atoms with E-state index in [1.54, 1.807) is 0 Å². The molecule has 0 spiro atoms. The van der Waals surface area contributed by atoms with Crippen molar-refractivity contribution in [1.82, 2.24) is 0 Å². The second kappa shape index (κ2) is 4.84. The minimum absolute atomic E-state index is 0.0197. The van der Waals surface area contributed by atoms with Crippen molar-refractivity contribution in [2.75, 3.05) is 0 Å². The summed E-state index contributed by atoms with van der Waals surface area (Å²) in [4.78, 5) is 0.537. The molecule has 2 unspecified atom stereocenters. The zero-order chi connectivity index (χ0) is 15.4. The molecule has 0 fully saturated rings. The summed E-state index contributed by atoms with van der Waals surface area (Å²) in [7, 11) is -3.26. The molecule has 1 aliphatic heterocycles. The van der Waals surface area contributed by atoms with Crippen LogP contribution in [0.1, 0.15) is 50.7 Å². The molecule has 2 nitrogen and oxygen atoms in total. The third kappa shape index (κ3) is 2.18. The highest BCUT2D eigenvalue weighted by Crippen LogP contribution is 2.45. The van der Waals surface area contributed by atoms with Crippen LogP contribution in [0.3, 0.4) is 0 Å². The van der Waals surface area contributed by atoms with Crippen molar-refractivity contribution in [2.24, 2.45) is 5.92 Å². The lowest BCUT2D eigenvalue weighted by Crippen LogP contribution is -2.21. The van der Waals surface area contributed by atoms with Gasteiger partial charge in [-0.25, -0.2) is 8.42 Å². The molecule has 1 aromatic rings. The summed E-state index contributed by atoms with van der Waals surface area (Å²) in [5.74, 6) is 0.673. The Labute approximate surface area is 127 Å². The molecule has 21 heavy (non-hydrogen) atoms. The van der Waals surface area contributed by atoms with Gasteiger partial charge in [-0.1, -0.05) is 58.1 Å². The molecule has 1 aromatic carbocycles. The Hall–Kier alpha value is -1.35. The van der Waals surface area contributed by atoms with Crippen molar-refractivity contribution in [2.45, 2.75) is 49.7 Å². The van der Waals surface area contributed by atoms with Gasteiger partial charge < -0.3 is 0 Å². The van der Waals surface area contributed by atoms with Crippen LogP contribution in [0.2, 0.25) is 0 Å². The maximum atomic E-state index is 12.9. The van der Waals surface area contributed by atoms with Crippen molar-refractivity contribution < 1.29 is 8.42 Å². The van der Waals surface area contributed by atoms with Crippen LogP contribution in [0, 0.1) is 5.92 Å². The Balaban J connectivity index is 2.15. The average molecular weight is 302 g/mol. The van der Waals surface area contributed by atoms with E-state index in [4.69, 9.17) is 0 Å². The fourth-order valence-corrected chi connectivity index (χ4v) is 5.29. The third-order valence-corrected chi connectivity index (χ3v) is 6.71. The lowest BCUT2D eigenvalue weighted by atomic mass is 9.86. The van der Waals surface area contributed by atoms with E-state index in [9.17, 15) is 8.42 Å². The normalized spacial score (nSPS) is 25.9. The summed E-state index contributed by atoms with van der Waals surface area (Å²) in [5.41, 5.74) is 3.17. The number of benzene rings is 1. The van der Waals surface area contributed by atoms with Gasteiger partial charge in [-0.15, -0.1) is 0 Å². The van der Waals surface area contributed by atoms with Crippen LogP contribution in [-0.2, 0) is 9.84 Å². The molecular weight excluding hydrogens is 280 g/mol. The molecule has 3 heteroatoms. The van der Waals surface area contributed by atoms with Crippen LogP contribution in [0.15, 0.2) is 46.9 Å². The molecule has 0 saturated carbocycles. The molecule has 0 aromatic heterocycles. The van der Waals surface area contributed by atoms with Crippen LogP contribution in [0.5, 0.6) is 0 Å². The summed E-state index contributed by atoms with van der Waals surface area (Å²) in [6.45, 7) is 8.38. The molecular formula is C18H22O2S. The van der Waals surface area contributed by atoms with Crippen LogP contribution in [0.25, 0.3) is 0 Å². The molecule has 0 bridgehead atoms. The lowest BCUT2D eigenvalue weighted by Gasteiger charge is -2.20. The first-order valence-corrected chi connectivity index (χ1v) is 9.14. The van der Waals surface area contributed by atoms with E-state index in [0.717, 1.165) is 16.7 Å². The molecule has 1 aliphatic carbocycles. The fraction of sp³-hybridized carbons (Fsp3) is 0.444. The summed E-state index contributed by atoms with van der Waals surface area (Å²) in [5, 5.41) is -0.419. The predicted molar refractivity (Wildman–Crippen MR) is 86.3 cm³/mol. The summed E-state index contributed by atoms with van der Waals surface area (Å²) < 4.78 is 25.8. The topological polar surface area (TPSA) is 34.1 Å². The van der Waals surface area contributed by atoms with Crippen LogP contribution in [-0.4, -0.2) is 13.7 Å². The summed E-state index contributed by atoms with van der Waals surface area (Å²) in [6.07, 6.45) is 6.12. The van der Waals surface area contributed by atoms with Gasteiger partial charge in [0.05, 0.1) is 10.1 Å². The minimum Gasteiger partial charge on any atom is -0.223 e. The second-order valence-electron chi connectivity index (χ2n) is 6.67. The van der Waals surface area contributed by atoms with Gasteiger partial charge in [-0.3, -0.25) is 0 Å². The molecule has 2 atom stereocenters. The van der Waals surface area contributed by atoms with Crippen molar-refractivity contribution in [3.8, 4) is 0 Å². The number of fused-ring (bicyclic) bond motifs is 3. The number of sulfone groups is 1. The maximum Gasteiger partial charge on any atom is 0.186 e. The van der Waals surface area contributed by atoms with E-state index in [-0.39, 0.29) is 5.92 Å². The smallest absolute Gasteiger partial charge is 0.186 e. The first-order chi connectivity index (χ1) is 9.82. The van der Waals surface area contributed by atoms with Crippen LogP contribution < -0.4 is 0 Å². The number of allylic oxidation sites excluding steroid dienone is 3. The zero-order valence-electron chi connectivity index (χ0n) is 13.0. The van der Waals surface area contributed by atoms with Gasteiger partial charge in [0.1, 0.15) is 0 Å². The van der Waals surface area contributed by atoms with Crippen molar-refractivity contribution in [1.29, 1.82) is 0 Å². The summed E-state index contributed by atoms with van der Waals surface area (Å²) >= 11 is 0. The van der Waals surface area contributed by atoms with Gasteiger partial charge >= 0.3 is 0 Å². The Morgan fingerprint density at radius 2 is 1.76 bits per heavy atom. The van der Waals surface area contributed by atoms with Gasteiger partial charge in [-0.05, 0) is 34.6 Å². The third-order valence-electron chi connectivity index (χ3n) is 4.60. The molecule has 112 valence electrons. The van der Waals surface area contributed by atoms with Crippen LogP contribution >= 0.6 is 0 Å². The van der Waals surface area contributed by atoms with Gasteiger partial charge in [-0.2, -0.15) is 0 Å². The highest BCUT2D eigenvalue weighted by Gasteiger charge is 2.44. The Bertz CT molecular complexity index is 736. The highest BCUT2D eigenvalue weighted by atomic mass is 32.2. The van der Waals surface area contributed by atoms with E-state index < -0.39 is 15.1 Å². The zero-order valence-corrected chi connectivity index (χ0v) is 13.8. The van der Waals surface area contributed by atoms with Crippen molar-refractivity contribution >= 4 is 9.84 Å². The summed E-state index contributed by atoms with van der Waals surface area (Å²) in [6, 6.07) is 5.95. The van der Waals surface area contributed by atoms with Gasteiger partial charge in [0.25, 0.3) is 0 Å². The Kier molecular flexibility index (Phi) is 3.36. The molecule has 1 heterocycles. The van der Waals surface area contributed by atoms with E-state index >= 15 is 0 Å². The average Bonchev–Trinajstić information content (AvgIpc) is 2.67. The van der Waals surface area contributed by atoms with Gasteiger partial charge in [0.15, 0.2) is 9.84 Å². The molecule has 0 saturated heterocycles. The molecule has 2 aliphatic rings. The standard InChI is InChI=1S/C18H22O2S/c1-11(2)13-5-7-15-16-8-6-14(12(3)4)10-18(16)21(19,20)17(15)9-13/h5-12,15,17H,1-4H3. The lowest BCUT2D eigenvalue weighted by molar-refractivity contribution is 0.590. The fourth-order valence-electron chi connectivity index (χ4n) is 3.20. The van der Waals surface area contributed by atoms with Crippen molar-refractivity contribution in [3.05, 3.63) is 53.1 Å².